The number of aliphatic carboxylic acids is 1. The van der Waals surface area contributed by atoms with E-state index >= 15 is 0 Å². The Hall–Kier alpha value is -1.90. The molecule has 3 heteroatoms. The number of allylic oxidation sites excluding steroid dienone is 8. The van der Waals surface area contributed by atoms with Gasteiger partial charge in [0.1, 0.15) is 0 Å². The summed E-state index contributed by atoms with van der Waals surface area (Å²) in [6.07, 6.45) is 20.9. The first kappa shape index (κ1) is 19.1. The van der Waals surface area contributed by atoms with Crippen molar-refractivity contribution < 1.29 is 14.7 Å². The molecule has 1 rings (SSSR count). The van der Waals surface area contributed by atoms with Crippen LogP contribution < -0.4 is 0 Å². The van der Waals surface area contributed by atoms with Crippen molar-refractivity contribution >= 4 is 11.8 Å². The molecule has 0 amide bonds. The fourth-order valence-electron chi connectivity index (χ4n) is 2.51. The van der Waals surface area contributed by atoms with E-state index in [2.05, 4.69) is 13.0 Å². The van der Waals surface area contributed by atoms with Gasteiger partial charge in [-0.15, -0.1) is 0 Å². The lowest BCUT2D eigenvalue weighted by Crippen LogP contribution is -2.01. The van der Waals surface area contributed by atoms with Gasteiger partial charge in [0, 0.05) is 17.9 Å². The molecule has 0 aromatic carbocycles. The van der Waals surface area contributed by atoms with Gasteiger partial charge in [-0.3, -0.25) is 9.59 Å². The summed E-state index contributed by atoms with van der Waals surface area (Å²) in [5.41, 5.74) is 0.854. The van der Waals surface area contributed by atoms with Crippen molar-refractivity contribution in [2.24, 2.45) is 5.92 Å². The highest BCUT2D eigenvalue weighted by Gasteiger charge is 2.20. The lowest BCUT2D eigenvalue weighted by molar-refractivity contribution is -0.137. The smallest absolute Gasteiger partial charge is 0.303 e. The van der Waals surface area contributed by atoms with E-state index < -0.39 is 5.97 Å². The largest absolute Gasteiger partial charge is 0.481 e. The molecule has 0 fully saturated rings. The van der Waals surface area contributed by atoms with Crippen molar-refractivity contribution in [1.29, 1.82) is 0 Å². The molecule has 0 spiro atoms. The number of carboxylic acid groups (broad SMARTS) is 1. The van der Waals surface area contributed by atoms with Gasteiger partial charge in [0.05, 0.1) is 0 Å². The lowest BCUT2D eigenvalue weighted by atomic mass is 9.97. The van der Waals surface area contributed by atoms with Gasteiger partial charge in [-0.25, -0.2) is 0 Å². The zero-order valence-electron chi connectivity index (χ0n) is 14.0. The molecule has 0 unspecified atom stereocenters. The fourth-order valence-corrected chi connectivity index (χ4v) is 2.51. The van der Waals surface area contributed by atoms with Gasteiger partial charge >= 0.3 is 5.97 Å². The van der Waals surface area contributed by atoms with Crippen LogP contribution in [0.4, 0.5) is 0 Å². The van der Waals surface area contributed by atoms with Crippen LogP contribution in [0.1, 0.15) is 58.3 Å². The van der Waals surface area contributed by atoms with Gasteiger partial charge in [0.25, 0.3) is 0 Å². The van der Waals surface area contributed by atoms with Crippen LogP contribution in [-0.2, 0) is 9.59 Å². The SMILES string of the molecule is CCCCCC=CC=C1C(=O)C=C[C@@H]1C/C=C\CCCC(=O)O. The highest BCUT2D eigenvalue weighted by molar-refractivity contribution is 6.07. The van der Waals surface area contributed by atoms with Crippen LogP contribution in [0.5, 0.6) is 0 Å². The highest BCUT2D eigenvalue weighted by Crippen LogP contribution is 2.25. The van der Waals surface area contributed by atoms with E-state index in [1.807, 2.05) is 30.4 Å². The minimum atomic E-state index is -0.751. The summed E-state index contributed by atoms with van der Waals surface area (Å²) in [7, 11) is 0. The van der Waals surface area contributed by atoms with Crippen LogP contribution in [-0.4, -0.2) is 16.9 Å². The van der Waals surface area contributed by atoms with E-state index in [0.717, 1.165) is 24.8 Å². The summed E-state index contributed by atoms with van der Waals surface area (Å²) in [4.78, 5) is 22.3. The first-order valence-electron chi connectivity index (χ1n) is 8.61. The van der Waals surface area contributed by atoms with Crippen molar-refractivity contribution in [3.63, 3.8) is 0 Å². The molecule has 126 valence electrons. The van der Waals surface area contributed by atoms with Crippen LogP contribution in [0.2, 0.25) is 0 Å². The predicted molar refractivity (Wildman–Crippen MR) is 94.2 cm³/mol. The van der Waals surface area contributed by atoms with Crippen molar-refractivity contribution in [1.82, 2.24) is 0 Å². The quantitative estimate of drug-likeness (QED) is 0.331. The van der Waals surface area contributed by atoms with E-state index in [1.165, 1.54) is 19.3 Å². The third-order valence-corrected chi connectivity index (χ3v) is 3.87. The molecular formula is C20H28O3. The molecule has 0 aromatic heterocycles. The van der Waals surface area contributed by atoms with Crippen LogP contribution in [0.25, 0.3) is 0 Å². The summed E-state index contributed by atoms with van der Waals surface area (Å²) < 4.78 is 0. The van der Waals surface area contributed by atoms with Crippen molar-refractivity contribution in [2.75, 3.05) is 0 Å². The van der Waals surface area contributed by atoms with Crippen LogP contribution in [0.15, 0.2) is 48.1 Å². The molecule has 1 aliphatic rings. The minimum absolute atomic E-state index is 0.104. The number of hydrogen-bond donors (Lipinski definition) is 1. The number of rotatable bonds is 11. The second-order valence-corrected chi connectivity index (χ2v) is 5.87. The molecular weight excluding hydrogens is 288 g/mol. The number of unbranched alkanes of at least 4 members (excludes halogenated alkanes) is 4. The summed E-state index contributed by atoms with van der Waals surface area (Å²) in [6.45, 7) is 2.19. The molecule has 0 bridgehead atoms. The third-order valence-electron chi connectivity index (χ3n) is 3.87. The van der Waals surface area contributed by atoms with Crippen molar-refractivity contribution in [3.05, 3.63) is 48.1 Å². The average molecular weight is 316 g/mol. The molecule has 0 aliphatic heterocycles. The molecule has 0 heterocycles. The van der Waals surface area contributed by atoms with Gasteiger partial charge in [-0.05, 0) is 38.2 Å². The first-order chi connectivity index (χ1) is 11.1. The Balaban J connectivity index is 2.38. The van der Waals surface area contributed by atoms with E-state index in [9.17, 15) is 9.59 Å². The summed E-state index contributed by atoms with van der Waals surface area (Å²) in [5.74, 6) is -0.496. The number of carboxylic acids is 1. The lowest BCUT2D eigenvalue weighted by Gasteiger charge is -2.06. The van der Waals surface area contributed by atoms with Crippen molar-refractivity contribution in [2.45, 2.75) is 58.3 Å². The maximum Gasteiger partial charge on any atom is 0.303 e. The topological polar surface area (TPSA) is 54.4 Å². The minimum Gasteiger partial charge on any atom is -0.481 e. The van der Waals surface area contributed by atoms with Crippen LogP contribution in [0.3, 0.4) is 0 Å². The van der Waals surface area contributed by atoms with Gasteiger partial charge in [-0.1, -0.05) is 56.2 Å². The Bertz CT molecular complexity index is 495. The Morgan fingerprint density at radius 1 is 1.17 bits per heavy atom. The zero-order chi connectivity index (χ0) is 16.9. The van der Waals surface area contributed by atoms with E-state index in [0.29, 0.717) is 6.42 Å². The molecule has 0 radical (unpaired) electrons. The molecule has 1 N–H and O–H groups in total. The summed E-state index contributed by atoms with van der Waals surface area (Å²) in [5, 5.41) is 8.57. The van der Waals surface area contributed by atoms with Crippen LogP contribution in [0, 0.1) is 5.92 Å². The number of carbonyl (C=O) groups excluding carboxylic acids is 1. The Morgan fingerprint density at radius 2 is 1.96 bits per heavy atom. The maximum atomic E-state index is 11.9. The Kier molecular flexibility index (Phi) is 9.69. The Morgan fingerprint density at radius 3 is 2.70 bits per heavy atom. The van der Waals surface area contributed by atoms with Gasteiger partial charge < -0.3 is 5.11 Å². The Labute approximate surface area is 139 Å². The monoisotopic (exact) mass is 316 g/mol. The molecule has 0 saturated heterocycles. The second-order valence-electron chi connectivity index (χ2n) is 5.87. The fraction of sp³-hybridized carbons (Fsp3) is 0.500. The molecule has 23 heavy (non-hydrogen) atoms. The molecule has 3 nitrogen and oxygen atoms in total. The predicted octanol–water partition coefficient (Wildman–Crippen LogP) is 5.01. The highest BCUT2D eigenvalue weighted by atomic mass is 16.4. The summed E-state index contributed by atoms with van der Waals surface area (Å²) >= 11 is 0. The number of ketones is 1. The van der Waals surface area contributed by atoms with Crippen LogP contribution >= 0.6 is 0 Å². The standard InChI is InChI=1S/C20H28O3/c1-2-3-4-5-6-10-13-18-17(15-16-19(18)21)12-9-7-8-11-14-20(22)23/h6-7,9-10,13,15-17H,2-5,8,11-12,14H2,1H3,(H,22,23)/b9-7-,10-6?,18-13?/t17-/m0/s1. The second kappa shape index (κ2) is 11.6. The van der Waals surface area contributed by atoms with E-state index in [-0.39, 0.29) is 18.1 Å². The molecule has 1 aliphatic carbocycles. The number of carbonyl (C=O) groups is 2. The first-order valence-corrected chi connectivity index (χ1v) is 8.61. The third kappa shape index (κ3) is 8.34. The van der Waals surface area contributed by atoms with Crippen molar-refractivity contribution in [3.8, 4) is 0 Å². The molecule has 0 saturated carbocycles. The maximum absolute atomic E-state index is 11.9. The average Bonchev–Trinajstić information content (AvgIpc) is 2.86. The molecule has 1 atom stereocenters. The summed E-state index contributed by atoms with van der Waals surface area (Å²) in [6, 6.07) is 0. The number of hydrogen-bond acceptors (Lipinski definition) is 2. The zero-order valence-corrected chi connectivity index (χ0v) is 14.0. The molecule has 0 aromatic rings. The van der Waals surface area contributed by atoms with Gasteiger partial charge in [0.2, 0.25) is 0 Å². The van der Waals surface area contributed by atoms with Gasteiger partial charge in [-0.2, -0.15) is 0 Å². The van der Waals surface area contributed by atoms with Gasteiger partial charge in [0.15, 0.2) is 5.78 Å². The van der Waals surface area contributed by atoms with E-state index in [1.54, 1.807) is 6.08 Å². The normalized spacial score (nSPS) is 19.6. The van der Waals surface area contributed by atoms with E-state index in [4.69, 9.17) is 5.11 Å².